The zero-order valence-corrected chi connectivity index (χ0v) is 23.6. The van der Waals surface area contributed by atoms with Crippen molar-refractivity contribution in [3.05, 3.63) is 125 Å². The molecular weight excluding hydrogens is 516 g/mol. The fraction of sp³-hybridized carbons (Fsp3) is 0.333. The number of nitriles is 1. The first-order chi connectivity index (χ1) is 19.5. The maximum absolute atomic E-state index is 13.2. The Kier molecular flexibility index (Phi) is 9.10. The summed E-state index contributed by atoms with van der Waals surface area (Å²) in [6.45, 7) is 3.30. The molecule has 0 aliphatic carbocycles. The Morgan fingerprint density at radius 1 is 0.950 bits per heavy atom. The Morgan fingerprint density at radius 3 is 2.27 bits per heavy atom. The van der Waals surface area contributed by atoms with E-state index in [1.54, 1.807) is 24.7 Å². The third-order valence-corrected chi connectivity index (χ3v) is 9.65. The van der Waals surface area contributed by atoms with Crippen LogP contribution in [0.4, 0.5) is 0 Å². The predicted octanol–water partition coefficient (Wildman–Crippen LogP) is 5.30. The molecule has 0 unspecified atom stereocenters. The van der Waals surface area contributed by atoms with Crippen LogP contribution < -0.4 is 0 Å². The summed E-state index contributed by atoms with van der Waals surface area (Å²) in [5, 5.41) is 9.02. The van der Waals surface area contributed by atoms with Crippen LogP contribution in [-0.2, 0) is 22.8 Å². The molecule has 1 fully saturated rings. The van der Waals surface area contributed by atoms with E-state index in [1.807, 2.05) is 28.8 Å². The molecule has 0 radical (unpaired) electrons. The standard InChI is InChI=1S/C33H36N4O2S/c34-20-27-13-15-28(16-14-27)23-37-26-35-21-32(37)17-19-40(38,39)25-29-8-7-18-36(22-29)24-33(30-9-3-1-4-10-30)31-11-5-2-6-12-31/h1-6,9-16,21,26,29,33H,7-8,17-19,22-25H2/t29-/m0/s1. The average Bonchev–Trinajstić information content (AvgIpc) is 3.43. The summed E-state index contributed by atoms with van der Waals surface area (Å²) in [6.07, 6.45) is 5.92. The van der Waals surface area contributed by atoms with Crippen molar-refractivity contribution in [3.63, 3.8) is 0 Å². The lowest BCUT2D eigenvalue weighted by atomic mass is 9.89. The molecule has 0 N–H and O–H groups in total. The largest absolute Gasteiger partial charge is 0.330 e. The molecule has 206 valence electrons. The number of aromatic nitrogens is 2. The summed E-state index contributed by atoms with van der Waals surface area (Å²) < 4.78 is 28.4. The van der Waals surface area contributed by atoms with Gasteiger partial charge in [0.2, 0.25) is 0 Å². The Labute approximate surface area is 237 Å². The van der Waals surface area contributed by atoms with E-state index in [1.165, 1.54) is 11.1 Å². The van der Waals surface area contributed by atoms with Gasteiger partial charge in [0.05, 0.1) is 29.5 Å². The van der Waals surface area contributed by atoms with Crippen molar-refractivity contribution in [3.8, 4) is 6.07 Å². The molecule has 4 aromatic rings. The van der Waals surface area contributed by atoms with Crippen LogP contribution in [0.3, 0.4) is 0 Å². The molecule has 5 rings (SSSR count). The van der Waals surface area contributed by atoms with Crippen LogP contribution >= 0.6 is 0 Å². The van der Waals surface area contributed by atoms with E-state index in [0.29, 0.717) is 18.5 Å². The topological polar surface area (TPSA) is 79.0 Å². The van der Waals surface area contributed by atoms with Crippen molar-refractivity contribution >= 4 is 9.84 Å². The molecule has 1 aliphatic heterocycles. The van der Waals surface area contributed by atoms with Gasteiger partial charge in [-0.25, -0.2) is 13.4 Å². The van der Waals surface area contributed by atoms with E-state index in [2.05, 4.69) is 64.5 Å². The highest BCUT2D eigenvalue weighted by Gasteiger charge is 2.27. The SMILES string of the molecule is N#Cc1ccc(Cn2cncc2CCS(=O)(=O)C[C@H]2CCCN(CC(c3ccccc3)c3ccccc3)C2)cc1. The molecule has 1 atom stereocenters. The minimum atomic E-state index is -3.22. The van der Waals surface area contributed by atoms with Gasteiger partial charge in [-0.1, -0.05) is 72.8 Å². The lowest BCUT2D eigenvalue weighted by molar-refractivity contribution is 0.180. The van der Waals surface area contributed by atoms with Crippen LogP contribution in [-0.4, -0.2) is 54.0 Å². The fourth-order valence-electron chi connectivity index (χ4n) is 5.77. The van der Waals surface area contributed by atoms with Crippen LogP contribution in [0.2, 0.25) is 0 Å². The van der Waals surface area contributed by atoms with Crippen molar-refractivity contribution in [1.82, 2.24) is 14.5 Å². The third-order valence-electron chi connectivity index (χ3n) is 7.84. The van der Waals surface area contributed by atoms with Gasteiger partial charge in [0, 0.05) is 43.9 Å². The van der Waals surface area contributed by atoms with Crippen molar-refractivity contribution < 1.29 is 8.42 Å². The van der Waals surface area contributed by atoms with Crippen LogP contribution in [0.25, 0.3) is 0 Å². The van der Waals surface area contributed by atoms with E-state index in [0.717, 1.165) is 43.7 Å². The molecule has 0 bridgehead atoms. The summed E-state index contributed by atoms with van der Waals surface area (Å²) in [4.78, 5) is 6.72. The first kappa shape index (κ1) is 27.8. The number of benzene rings is 3. The van der Waals surface area contributed by atoms with Gasteiger partial charge in [-0.15, -0.1) is 0 Å². The molecule has 0 saturated carbocycles. The van der Waals surface area contributed by atoms with Crippen molar-refractivity contribution in [2.45, 2.75) is 31.7 Å². The van der Waals surface area contributed by atoms with Gasteiger partial charge in [0.25, 0.3) is 0 Å². The highest BCUT2D eigenvalue weighted by molar-refractivity contribution is 7.91. The molecular formula is C33H36N4O2S. The monoisotopic (exact) mass is 552 g/mol. The smallest absolute Gasteiger partial charge is 0.151 e. The van der Waals surface area contributed by atoms with Gasteiger partial charge in [-0.2, -0.15) is 5.26 Å². The van der Waals surface area contributed by atoms with Crippen LogP contribution in [0.5, 0.6) is 0 Å². The van der Waals surface area contributed by atoms with Crippen molar-refractivity contribution in [2.75, 3.05) is 31.1 Å². The molecule has 3 aromatic carbocycles. The fourth-order valence-corrected chi connectivity index (χ4v) is 7.45. The maximum Gasteiger partial charge on any atom is 0.151 e. The quantitative estimate of drug-likeness (QED) is 0.252. The lowest BCUT2D eigenvalue weighted by Crippen LogP contribution is -2.40. The third kappa shape index (κ3) is 7.47. The molecule has 6 nitrogen and oxygen atoms in total. The number of hydrogen-bond acceptors (Lipinski definition) is 5. The van der Waals surface area contributed by atoms with Gasteiger partial charge in [-0.3, -0.25) is 0 Å². The molecule has 1 saturated heterocycles. The Hall–Kier alpha value is -3.73. The molecule has 0 amide bonds. The summed E-state index contributed by atoms with van der Waals surface area (Å²) in [5.41, 5.74) is 5.17. The van der Waals surface area contributed by atoms with Crippen LogP contribution in [0.15, 0.2) is 97.5 Å². The number of aryl methyl sites for hydroxylation is 1. The van der Waals surface area contributed by atoms with Gasteiger partial charge in [0.15, 0.2) is 9.84 Å². The normalized spacial score (nSPS) is 16.1. The summed E-state index contributed by atoms with van der Waals surface area (Å²) in [6, 6.07) is 30.8. The van der Waals surface area contributed by atoms with Gasteiger partial charge in [-0.05, 0) is 54.1 Å². The molecule has 7 heteroatoms. The second kappa shape index (κ2) is 13.1. The minimum Gasteiger partial charge on any atom is -0.330 e. The molecule has 1 aromatic heterocycles. The first-order valence-electron chi connectivity index (χ1n) is 14.0. The van der Waals surface area contributed by atoms with Gasteiger partial charge in [0.1, 0.15) is 0 Å². The number of nitrogens with zero attached hydrogens (tertiary/aromatic N) is 4. The minimum absolute atomic E-state index is 0.124. The number of likely N-dealkylation sites (tertiary alicyclic amines) is 1. The molecule has 1 aliphatic rings. The second-order valence-electron chi connectivity index (χ2n) is 10.8. The molecule has 40 heavy (non-hydrogen) atoms. The number of piperidine rings is 1. The number of hydrogen-bond donors (Lipinski definition) is 0. The van der Waals surface area contributed by atoms with Gasteiger partial charge >= 0.3 is 0 Å². The van der Waals surface area contributed by atoms with E-state index in [-0.39, 0.29) is 23.3 Å². The summed E-state index contributed by atoms with van der Waals surface area (Å²) in [5.74, 6) is 0.761. The first-order valence-corrected chi connectivity index (χ1v) is 15.8. The van der Waals surface area contributed by atoms with Crippen molar-refractivity contribution in [2.24, 2.45) is 5.92 Å². The molecule has 0 spiro atoms. The number of imidazole rings is 1. The molecule has 2 heterocycles. The Balaban J connectivity index is 1.18. The highest BCUT2D eigenvalue weighted by atomic mass is 32.2. The predicted molar refractivity (Wildman–Crippen MR) is 159 cm³/mol. The number of rotatable bonds is 11. The zero-order valence-electron chi connectivity index (χ0n) is 22.8. The maximum atomic E-state index is 13.2. The Bertz CT molecular complexity index is 1470. The summed E-state index contributed by atoms with van der Waals surface area (Å²) in [7, 11) is -3.22. The van der Waals surface area contributed by atoms with E-state index in [4.69, 9.17) is 5.26 Å². The number of sulfone groups is 1. The van der Waals surface area contributed by atoms with E-state index < -0.39 is 9.84 Å². The van der Waals surface area contributed by atoms with Gasteiger partial charge < -0.3 is 9.47 Å². The van der Waals surface area contributed by atoms with Crippen LogP contribution in [0, 0.1) is 17.2 Å². The highest BCUT2D eigenvalue weighted by Crippen LogP contribution is 2.28. The van der Waals surface area contributed by atoms with E-state index >= 15 is 0 Å². The second-order valence-corrected chi connectivity index (χ2v) is 13.1. The lowest BCUT2D eigenvalue weighted by Gasteiger charge is -2.35. The van der Waals surface area contributed by atoms with Crippen molar-refractivity contribution in [1.29, 1.82) is 5.26 Å². The zero-order chi connectivity index (χ0) is 27.8. The summed E-state index contributed by atoms with van der Waals surface area (Å²) >= 11 is 0. The average molecular weight is 553 g/mol. The van der Waals surface area contributed by atoms with Crippen LogP contribution in [0.1, 0.15) is 46.7 Å². The Morgan fingerprint density at radius 2 is 1.62 bits per heavy atom. The van der Waals surface area contributed by atoms with E-state index in [9.17, 15) is 8.42 Å².